The van der Waals surface area contributed by atoms with Crippen LogP contribution < -0.4 is 10.6 Å². The molecule has 2 N–H and O–H groups in total. The number of anilines is 2. The fourth-order valence-electron chi connectivity index (χ4n) is 2.07. The van der Waals surface area contributed by atoms with Gasteiger partial charge in [0.2, 0.25) is 5.95 Å². The first-order valence-corrected chi connectivity index (χ1v) is 6.65. The average molecular weight is 274 g/mol. The van der Waals surface area contributed by atoms with Crippen molar-refractivity contribution in [1.82, 2.24) is 9.97 Å². The van der Waals surface area contributed by atoms with E-state index in [9.17, 15) is 4.39 Å². The highest BCUT2D eigenvalue weighted by Gasteiger charge is 2.13. The van der Waals surface area contributed by atoms with Crippen molar-refractivity contribution in [1.29, 1.82) is 0 Å². The molecule has 0 atom stereocenters. The summed E-state index contributed by atoms with van der Waals surface area (Å²) >= 11 is 0. The van der Waals surface area contributed by atoms with Crippen LogP contribution >= 0.6 is 0 Å². The quantitative estimate of drug-likeness (QED) is 0.910. The van der Waals surface area contributed by atoms with E-state index in [4.69, 9.17) is 5.73 Å². The van der Waals surface area contributed by atoms with Gasteiger partial charge in [-0.2, -0.15) is 0 Å². The van der Waals surface area contributed by atoms with Crippen LogP contribution in [0.15, 0.2) is 30.3 Å². The normalized spacial score (nSPS) is 10.6. The molecule has 0 fully saturated rings. The van der Waals surface area contributed by atoms with Crippen molar-refractivity contribution < 1.29 is 4.39 Å². The lowest BCUT2D eigenvalue weighted by atomic mass is 10.2. The Morgan fingerprint density at radius 1 is 1.15 bits per heavy atom. The highest BCUT2D eigenvalue weighted by Crippen LogP contribution is 2.23. The molecule has 1 heterocycles. The molecule has 5 heteroatoms. The van der Waals surface area contributed by atoms with Crippen LogP contribution in [0.4, 0.5) is 16.0 Å². The molecule has 1 aromatic heterocycles. The minimum atomic E-state index is -0.273. The average Bonchev–Trinajstić information content (AvgIpc) is 2.38. The van der Waals surface area contributed by atoms with Crippen LogP contribution in [0, 0.1) is 19.7 Å². The third-order valence-electron chi connectivity index (χ3n) is 2.92. The van der Waals surface area contributed by atoms with Gasteiger partial charge in [-0.15, -0.1) is 0 Å². The molecule has 0 unspecified atom stereocenters. The summed E-state index contributed by atoms with van der Waals surface area (Å²) in [5.41, 5.74) is 8.10. The van der Waals surface area contributed by atoms with Crippen molar-refractivity contribution in [2.75, 3.05) is 18.0 Å². The summed E-state index contributed by atoms with van der Waals surface area (Å²) in [5, 5.41) is 0. The van der Waals surface area contributed by atoms with Crippen LogP contribution in [0.2, 0.25) is 0 Å². The van der Waals surface area contributed by atoms with Crippen molar-refractivity contribution in [3.63, 3.8) is 0 Å². The standard InChI is InChI=1S/C15H19FN4/c1-11-9-12(2)19-15(18-11)20(8-4-7-17)14-6-3-5-13(16)10-14/h3,5-6,9-10H,4,7-8,17H2,1-2H3. The van der Waals surface area contributed by atoms with E-state index in [1.54, 1.807) is 6.07 Å². The molecule has 0 saturated heterocycles. The molecular formula is C15H19FN4. The second-order valence-electron chi connectivity index (χ2n) is 4.72. The second-order valence-corrected chi connectivity index (χ2v) is 4.72. The lowest BCUT2D eigenvalue weighted by Gasteiger charge is -2.23. The number of aryl methyl sites for hydroxylation is 2. The SMILES string of the molecule is Cc1cc(C)nc(N(CCCN)c2cccc(F)c2)n1. The zero-order chi connectivity index (χ0) is 14.5. The van der Waals surface area contributed by atoms with Gasteiger partial charge in [-0.1, -0.05) is 6.07 Å². The molecule has 0 aliphatic rings. The van der Waals surface area contributed by atoms with Gasteiger partial charge >= 0.3 is 0 Å². The van der Waals surface area contributed by atoms with Crippen LogP contribution in [0.1, 0.15) is 17.8 Å². The van der Waals surface area contributed by atoms with Gasteiger partial charge in [-0.25, -0.2) is 14.4 Å². The fraction of sp³-hybridized carbons (Fsp3) is 0.333. The number of hydrogen-bond donors (Lipinski definition) is 1. The van der Waals surface area contributed by atoms with Gasteiger partial charge in [0.1, 0.15) is 5.82 Å². The first-order chi connectivity index (χ1) is 9.60. The van der Waals surface area contributed by atoms with Gasteiger partial charge < -0.3 is 10.6 Å². The monoisotopic (exact) mass is 274 g/mol. The first-order valence-electron chi connectivity index (χ1n) is 6.65. The van der Waals surface area contributed by atoms with E-state index in [2.05, 4.69) is 9.97 Å². The Morgan fingerprint density at radius 3 is 2.45 bits per heavy atom. The number of benzene rings is 1. The molecule has 0 bridgehead atoms. The number of rotatable bonds is 5. The molecule has 4 nitrogen and oxygen atoms in total. The smallest absolute Gasteiger partial charge is 0.230 e. The molecule has 0 aliphatic heterocycles. The summed E-state index contributed by atoms with van der Waals surface area (Å²) < 4.78 is 13.4. The van der Waals surface area contributed by atoms with Crippen molar-refractivity contribution in [2.45, 2.75) is 20.3 Å². The summed E-state index contributed by atoms with van der Waals surface area (Å²) in [7, 11) is 0. The van der Waals surface area contributed by atoms with Gasteiger partial charge in [0.15, 0.2) is 0 Å². The van der Waals surface area contributed by atoms with Crippen molar-refractivity contribution >= 4 is 11.6 Å². The summed E-state index contributed by atoms with van der Waals surface area (Å²) in [6.45, 7) is 5.06. The Kier molecular flexibility index (Phi) is 4.63. The van der Waals surface area contributed by atoms with Crippen LogP contribution in [0.25, 0.3) is 0 Å². The molecule has 0 spiro atoms. The van der Waals surface area contributed by atoms with E-state index >= 15 is 0 Å². The zero-order valence-corrected chi connectivity index (χ0v) is 11.8. The molecule has 0 aliphatic carbocycles. The summed E-state index contributed by atoms with van der Waals surface area (Å²) in [5.74, 6) is 0.311. The van der Waals surface area contributed by atoms with E-state index in [1.807, 2.05) is 30.9 Å². The summed E-state index contributed by atoms with van der Waals surface area (Å²) in [6, 6.07) is 8.35. The predicted octanol–water partition coefficient (Wildman–Crippen LogP) is 2.72. The van der Waals surface area contributed by atoms with Crippen LogP contribution in [-0.2, 0) is 0 Å². The number of aromatic nitrogens is 2. The molecule has 2 rings (SSSR count). The topological polar surface area (TPSA) is 55.0 Å². The van der Waals surface area contributed by atoms with Crippen molar-refractivity contribution in [2.24, 2.45) is 5.73 Å². The molecule has 1 aromatic carbocycles. The number of halogens is 1. The molecular weight excluding hydrogens is 255 g/mol. The first kappa shape index (κ1) is 14.4. The van der Waals surface area contributed by atoms with Gasteiger partial charge in [0.05, 0.1) is 0 Å². The fourth-order valence-corrected chi connectivity index (χ4v) is 2.07. The van der Waals surface area contributed by atoms with E-state index in [0.29, 0.717) is 19.0 Å². The Balaban J connectivity index is 2.41. The molecule has 0 amide bonds. The van der Waals surface area contributed by atoms with Crippen LogP contribution in [0.3, 0.4) is 0 Å². The number of nitrogens with two attached hydrogens (primary N) is 1. The molecule has 20 heavy (non-hydrogen) atoms. The third kappa shape index (κ3) is 3.51. The minimum absolute atomic E-state index is 0.273. The van der Waals surface area contributed by atoms with Gasteiger partial charge in [-0.05, 0) is 51.1 Å². The Bertz CT molecular complexity index is 566. The van der Waals surface area contributed by atoms with E-state index in [1.165, 1.54) is 12.1 Å². The highest BCUT2D eigenvalue weighted by molar-refractivity contribution is 5.57. The maximum Gasteiger partial charge on any atom is 0.230 e. The van der Waals surface area contributed by atoms with E-state index in [-0.39, 0.29) is 5.82 Å². The van der Waals surface area contributed by atoms with Crippen molar-refractivity contribution in [3.05, 3.63) is 47.5 Å². The lowest BCUT2D eigenvalue weighted by molar-refractivity contribution is 0.627. The summed E-state index contributed by atoms with van der Waals surface area (Å²) in [4.78, 5) is 10.8. The van der Waals surface area contributed by atoms with Gasteiger partial charge in [0, 0.05) is 23.6 Å². The maximum atomic E-state index is 13.4. The van der Waals surface area contributed by atoms with Gasteiger partial charge in [0.25, 0.3) is 0 Å². The molecule has 106 valence electrons. The number of hydrogen-bond acceptors (Lipinski definition) is 4. The Labute approximate surface area is 118 Å². The molecule has 0 radical (unpaired) electrons. The van der Waals surface area contributed by atoms with Crippen molar-refractivity contribution in [3.8, 4) is 0 Å². The number of nitrogens with zero attached hydrogens (tertiary/aromatic N) is 3. The Morgan fingerprint density at radius 2 is 1.85 bits per heavy atom. The highest BCUT2D eigenvalue weighted by atomic mass is 19.1. The maximum absolute atomic E-state index is 13.4. The summed E-state index contributed by atoms with van der Waals surface area (Å²) in [6.07, 6.45) is 0.785. The van der Waals surface area contributed by atoms with Crippen LogP contribution in [-0.4, -0.2) is 23.1 Å². The molecule has 2 aromatic rings. The molecule has 0 saturated carbocycles. The van der Waals surface area contributed by atoms with Crippen LogP contribution in [0.5, 0.6) is 0 Å². The second kappa shape index (κ2) is 6.43. The zero-order valence-electron chi connectivity index (χ0n) is 11.8. The third-order valence-corrected chi connectivity index (χ3v) is 2.92. The Hall–Kier alpha value is -2.01. The minimum Gasteiger partial charge on any atom is -0.330 e. The largest absolute Gasteiger partial charge is 0.330 e. The van der Waals surface area contributed by atoms with Gasteiger partial charge in [-0.3, -0.25) is 0 Å². The predicted molar refractivity (Wildman–Crippen MR) is 78.6 cm³/mol. The van der Waals surface area contributed by atoms with E-state index < -0.39 is 0 Å². The van der Waals surface area contributed by atoms with E-state index in [0.717, 1.165) is 23.5 Å². The lowest BCUT2D eigenvalue weighted by Crippen LogP contribution is -2.23.